The van der Waals surface area contributed by atoms with Crippen molar-refractivity contribution in [3.63, 3.8) is 0 Å². The van der Waals surface area contributed by atoms with Gasteiger partial charge in [0.05, 0.1) is 4.90 Å². The molecule has 0 amide bonds. The van der Waals surface area contributed by atoms with Crippen molar-refractivity contribution in [1.82, 2.24) is 4.31 Å². The lowest BCUT2D eigenvalue weighted by molar-refractivity contribution is 0.195. The Kier molecular flexibility index (Phi) is 4.18. The number of piperidine rings is 1. The number of hydrogen-bond acceptors (Lipinski definition) is 3. The standard InChI is InChI=1S/C14H21FN2O2S/c1-14(2)5-7-17(8-6-14)20(18,19)13-9-12(15)4-3-11(13)10-16/h3-4,9H,5-8,10,16H2,1-2H3. The highest BCUT2D eigenvalue weighted by molar-refractivity contribution is 7.89. The van der Waals surface area contributed by atoms with Crippen LogP contribution in [0.2, 0.25) is 0 Å². The second-order valence-electron chi connectivity index (χ2n) is 6.02. The molecule has 6 heteroatoms. The van der Waals surface area contributed by atoms with Crippen molar-refractivity contribution in [2.45, 2.75) is 38.1 Å². The summed E-state index contributed by atoms with van der Waals surface area (Å²) >= 11 is 0. The number of halogens is 1. The van der Waals surface area contributed by atoms with Gasteiger partial charge >= 0.3 is 0 Å². The SMILES string of the molecule is CC1(C)CCN(S(=O)(=O)c2cc(F)ccc2CN)CC1. The van der Waals surface area contributed by atoms with Crippen LogP contribution < -0.4 is 5.73 Å². The molecule has 2 N–H and O–H groups in total. The van der Waals surface area contributed by atoms with E-state index in [9.17, 15) is 12.8 Å². The van der Waals surface area contributed by atoms with E-state index in [1.54, 1.807) is 0 Å². The van der Waals surface area contributed by atoms with Crippen molar-refractivity contribution < 1.29 is 12.8 Å². The van der Waals surface area contributed by atoms with Gasteiger partial charge in [-0.3, -0.25) is 0 Å². The van der Waals surface area contributed by atoms with Gasteiger partial charge in [0.25, 0.3) is 0 Å². The van der Waals surface area contributed by atoms with E-state index in [4.69, 9.17) is 5.73 Å². The number of rotatable bonds is 3. The Morgan fingerprint density at radius 3 is 2.45 bits per heavy atom. The fourth-order valence-corrected chi connectivity index (χ4v) is 4.09. The average molecular weight is 300 g/mol. The normalized spacial score (nSPS) is 20.0. The van der Waals surface area contributed by atoms with Crippen molar-refractivity contribution in [2.24, 2.45) is 11.1 Å². The maximum atomic E-state index is 13.4. The molecule has 0 unspecified atom stereocenters. The molecule has 1 aliphatic heterocycles. The molecular formula is C14H21FN2O2S. The number of sulfonamides is 1. The summed E-state index contributed by atoms with van der Waals surface area (Å²) in [6.45, 7) is 5.27. The molecule has 1 heterocycles. The molecule has 0 aliphatic carbocycles. The highest BCUT2D eigenvalue weighted by atomic mass is 32.2. The maximum absolute atomic E-state index is 13.4. The van der Waals surface area contributed by atoms with Crippen molar-refractivity contribution in [3.8, 4) is 0 Å². The van der Waals surface area contributed by atoms with Crippen molar-refractivity contribution in [1.29, 1.82) is 0 Å². The first-order valence-corrected chi connectivity index (χ1v) is 8.19. The summed E-state index contributed by atoms with van der Waals surface area (Å²) in [6.07, 6.45) is 1.61. The van der Waals surface area contributed by atoms with Crippen molar-refractivity contribution in [2.75, 3.05) is 13.1 Å². The Bertz CT molecular complexity index is 589. The van der Waals surface area contributed by atoms with E-state index in [1.807, 2.05) is 0 Å². The van der Waals surface area contributed by atoms with Crippen LogP contribution in [0, 0.1) is 11.2 Å². The zero-order valence-corrected chi connectivity index (χ0v) is 12.7. The molecule has 0 bridgehead atoms. The van der Waals surface area contributed by atoms with Gasteiger partial charge in [0, 0.05) is 19.6 Å². The Morgan fingerprint density at radius 2 is 1.90 bits per heavy atom. The third kappa shape index (κ3) is 3.02. The van der Waals surface area contributed by atoms with Crippen LogP contribution in [-0.2, 0) is 16.6 Å². The average Bonchev–Trinajstić information content (AvgIpc) is 2.38. The number of nitrogens with zero attached hydrogens (tertiary/aromatic N) is 1. The molecule has 1 aromatic carbocycles. The lowest BCUT2D eigenvalue weighted by Gasteiger charge is -2.36. The van der Waals surface area contributed by atoms with Gasteiger partial charge in [-0.05, 0) is 36.0 Å². The van der Waals surface area contributed by atoms with Gasteiger partial charge in [0.2, 0.25) is 10.0 Å². The number of hydrogen-bond donors (Lipinski definition) is 1. The highest BCUT2D eigenvalue weighted by Crippen LogP contribution is 2.33. The largest absolute Gasteiger partial charge is 0.326 e. The number of benzene rings is 1. The molecule has 0 aromatic heterocycles. The van der Waals surface area contributed by atoms with Gasteiger partial charge < -0.3 is 5.73 Å². The van der Waals surface area contributed by atoms with E-state index in [0.717, 1.165) is 18.9 Å². The summed E-state index contributed by atoms with van der Waals surface area (Å²) in [5.41, 5.74) is 6.18. The van der Waals surface area contributed by atoms with Crippen molar-refractivity contribution >= 4 is 10.0 Å². The Hall–Kier alpha value is -0.980. The monoisotopic (exact) mass is 300 g/mol. The molecule has 0 saturated carbocycles. The quantitative estimate of drug-likeness (QED) is 0.929. The first-order valence-electron chi connectivity index (χ1n) is 6.75. The summed E-state index contributed by atoms with van der Waals surface area (Å²) in [7, 11) is -3.66. The first-order chi connectivity index (χ1) is 9.26. The zero-order valence-electron chi connectivity index (χ0n) is 11.9. The predicted molar refractivity (Wildman–Crippen MR) is 76.1 cm³/mol. The molecule has 20 heavy (non-hydrogen) atoms. The smallest absolute Gasteiger partial charge is 0.243 e. The lowest BCUT2D eigenvalue weighted by Crippen LogP contribution is -2.41. The third-order valence-electron chi connectivity index (χ3n) is 3.94. The molecule has 0 atom stereocenters. The Balaban J connectivity index is 2.34. The van der Waals surface area contributed by atoms with Gasteiger partial charge in [-0.2, -0.15) is 4.31 Å². The highest BCUT2D eigenvalue weighted by Gasteiger charge is 2.33. The molecule has 4 nitrogen and oxygen atoms in total. The van der Waals surface area contributed by atoms with E-state index in [-0.39, 0.29) is 16.9 Å². The van der Waals surface area contributed by atoms with E-state index < -0.39 is 15.8 Å². The maximum Gasteiger partial charge on any atom is 0.243 e. The molecule has 0 radical (unpaired) electrons. The van der Waals surface area contributed by atoms with Gasteiger partial charge in [-0.25, -0.2) is 12.8 Å². The minimum atomic E-state index is -3.66. The summed E-state index contributed by atoms with van der Waals surface area (Å²) < 4.78 is 40.1. The predicted octanol–water partition coefficient (Wildman–Crippen LogP) is 2.10. The topological polar surface area (TPSA) is 63.4 Å². The second kappa shape index (κ2) is 5.42. The molecule has 1 fully saturated rings. The van der Waals surface area contributed by atoms with E-state index in [2.05, 4.69) is 13.8 Å². The van der Waals surface area contributed by atoms with Crippen molar-refractivity contribution in [3.05, 3.63) is 29.6 Å². The molecule has 0 spiro atoms. The zero-order chi connectivity index (χ0) is 15.0. The second-order valence-corrected chi connectivity index (χ2v) is 7.93. The van der Waals surface area contributed by atoms with E-state index in [1.165, 1.54) is 16.4 Å². The minimum Gasteiger partial charge on any atom is -0.326 e. The summed E-state index contributed by atoms with van der Waals surface area (Å²) in [6, 6.07) is 3.74. The number of nitrogens with two attached hydrogens (primary N) is 1. The summed E-state index contributed by atoms with van der Waals surface area (Å²) in [5, 5.41) is 0. The van der Waals surface area contributed by atoms with Gasteiger partial charge in [-0.1, -0.05) is 19.9 Å². The molecule has 1 saturated heterocycles. The van der Waals surface area contributed by atoms with Gasteiger partial charge in [0.1, 0.15) is 5.82 Å². The minimum absolute atomic E-state index is 0.000272. The Labute approximate surface area is 119 Å². The fraction of sp³-hybridized carbons (Fsp3) is 0.571. The molecular weight excluding hydrogens is 279 g/mol. The van der Waals surface area contributed by atoms with Crippen LogP contribution >= 0.6 is 0 Å². The molecule has 112 valence electrons. The third-order valence-corrected chi connectivity index (χ3v) is 5.92. The van der Waals surface area contributed by atoms with Crippen LogP contribution in [0.15, 0.2) is 23.1 Å². The molecule has 2 rings (SSSR count). The lowest BCUT2D eigenvalue weighted by atomic mass is 9.83. The molecule has 1 aliphatic rings. The fourth-order valence-electron chi connectivity index (χ4n) is 2.41. The van der Waals surface area contributed by atoms with Crippen LogP contribution in [0.1, 0.15) is 32.3 Å². The first kappa shape index (κ1) is 15.4. The summed E-state index contributed by atoms with van der Waals surface area (Å²) in [5.74, 6) is -0.557. The molecule has 1 aromatic rings. The van der Waals surface area contributed by atoms with Crippen LogP contribution in [0.4, 0.5) is 4.39 Å². The van der Waals surface area contributed by atoms with Gasteiger partial charge in [-0.15, -0.1) is 0 Å². The van der Waals surface area contributed by atoms with E-state index in [0.29, 0.717) is 18.7 Å². The van der Waals surface area contributed by atoms with Crippen LogP contribution in [0.5, 0.6) is 0 Å². The summed E-state index contributed by atoms with van der Waals surface area (Å²) in [4.78, 5) is -0.000272. The van der Waals surface area contributed by atoms with Gasteiger partial charge in [0.15, 0.2) is 0 Å². The Morgan fingerprint density at radius 1 is 1.30 bits per heavy atom. The van der Waals surface area contributed by atoms with Crippen LogP contribution in [0.3, 0.4) is 0 Å². The van der Waals surface area contributed by atoms with E-state index >= 15 is 0 Å². The van der Waals surface area contributed by atoms with Crippen LogP contribution in [0.25, 0.3) is 0 Å². The van der Waals surface area contributed by atoms with Crippen LogP contribution in [-0.4, -0.2) is 25.8 Å².